The number of hydrogen-bond donors (Lipinski definition) is 0. The van der Waals surface area contributed by atoms with Crippen molar-refractivity contribution in [3.05, 3.63) is 0 Å². The molecule has 3 nitrogen and oxygen atoms in total. The van der Waals surface area contributed by atoms with E-state index < -0.39 is 30.5 Å². The molecule has 0 fully saturated rings. The van der Waals surface area contributed by atoms with Crippen molar-refractivity contribution in [2.24, 2.45) is 0 Å². The fourth-order valence-corrected chi connectivity index (χ4v) is 0.648. The molecule has 1 atom stereocenters. The first-order chi connectivity index (χ1) is 5.60. The minimum Gasteiger partial charge on any atom is -0.259 e. The first kappa shape index (κ1) is 12.7. The number of rotatable bonds is 3. The summed E-state index contributed by atoms with van der Waals surface area (Å²) >= 11 is -3.48. The van der Waals surface area contributed by atoms with Crippen molar-refractivity contribution >= 4 is 11.4 Å². The summed E-state index contributed by atoms with van der Waals surface area (Å²) in [6, 6.07) is 0. The topological polar surface area (TPSA) is 35.5 Å². The Morgan fingerprint density at radius 1 is 1.08 bits per heavy atom. The molecule has 0 saturated heterocycles. The maximum Gasteiger partial charge on any atom is 0.537 e. The zero-order chi connectivity index (χ0) is 10.7. The minimum atomic E-state index is -5.30. The van der Waals surface area contributed by atoms with Gasteiger partial charge in [-0.2, -0.15) is 21.6 Å². The van der Waals surface area contributed by atoms with Crippen LogP contribution in [0.5, 0.6) is 0 Å². The van der Waals surface area contributed by atoms with Gasteiger partial charge in [0.1, 0.15) is 0 Å². The zero-order valence-corrected chi connectivity index (χ0v) is 6.42. The van der Waals surface area contributed by atoms with Crippen LogP contribution in [0.15, 0.2) is 0 Å². The summed E-state index contributed by atoms with van der Waals surface area (Å²) in [7, 11) is 0. The quantitative estimate of drug-likeness (QED) is 0.694. The van der Waals surface area contributed by atoms with Crippen molar-refractivity contribution < 1.29 is 38.9 Å². The Bertz CT molecular complexity index is 185. The van der Waals surface area contributed by atoms with E-state index in [0.717, 1.165) is 0 Å². The van der Waals surface area contributed by atoms with E-state index in [1.54, 1.807) is 0 Å². The minimum absolute atomic E-state index is 2.07. The largest absolute Gasteiger partial charge is 0.537 e. The summed E-state index contributed by atoms with van der Waals surface area (Å²) in [4.78, 5) is 0. The molecule has 0 saturated carbocycles. The molecule has 0 aliphatic carbocycles. The smallest absolute Gasteiger partial charge is 0.259 e. The van der Waals surface area contributed by atoms with Crippen molar-refractivity contribution in [2.45, 2.75) is 12.5 Å². The van der Waals surface area contributed by atoms with E-state index >= 15 is 0 Å². The molecule has 0 heterocycles. The fraction of sp³-hybridized carbons (Fsp3) is 1.00. The first-order valence-corrected chi connectivity index (χ1v) is 3.48. The average Bonchev–Trinajstić information content (AvgIpc) is 1.78. The maximum atomic E-state index is 11.3. The first-order valence-electron chi connectivity index (χ1n) is 2.48. The lowest BCUT2D eigenvalue weighted by Gasteiger charge is -2.07. The van der Waals surface area contributed by atoms with Crippen molar-refractivity contribution in [3.63, 3.8) is 0 Å². The van der Waals surface area contributed by atoms with E-state index in [1.165, 1.54) is 0 Å². The van der Waals surface area contributed by atoms with Gasteiger partial charge >= 0.3 is 23.9 Å². The molecule has 0 radical (unpaired) electrons. The molecule has 10 heteroatoms. The summed E-state index contributed by atoms with van der Waals surface area (Å²) in [5.74, 6) is 0. The van der Waals surface area contributed by atoms with Crippen LogP contribution >= 0.6 is 0 Å². The van der Waals surface area contributed by atoms with Gasteiger partial charge in [-0.25, -0.2) is 0 Å². The lowest BCUT2D eigenvalue weighted by atomic mass is 10.7. The number of halogens is 6. The van der Waals surface area contributed by atoms with E-state index in [2.05, 4.69) is 8.37 Å². The van der Waals surface area contributed by atoms with Gasteiger partial charge in [-0.05, 0) is 0 Å². The van der Waals surface area contributed by atoms with Crippen LogP contribution in [0.4, 0.5) is 26.3 Å². The van der Waals surface area contributed by atoms with Crippen LogP contribution in [0.3, 0.4) is 0 Å². The lowest BCUT2D eigenvalue weighted by Crippen LogP contribution is -2.22. The molecule has 0 aromatic carbocycles. The second-order valence-electron chi connectivity index (χ2n) is 1.61. The van der Waals surface area contributed by atoms with Crippen molar-refractivity contribution in [3.8, 4) is 0 Å². The number of alkyl halides is 6. The standard InChI is InChI=1S/C3H2F6O3S/c4-2(5,6)1-11-13(10)12-3(7,8)9/h1H2. The normalized spacial score (nSPS) is 15.8. The van der Waals surface area contributed by atoms with Crippen molar-refractivity contribution in [2.75, 3.05) is 6.61 Å². The highest BCUT2D eigenvalue weighted by Gasteiger charge is 2.36. The van der Waals surface area contributed by atoms with Crippen LogP contribution in [-0.2, 0) is 19.7 Å². The molecule has 0 aromatic heterocycles. The van der Waals surface area contributed by atoms with E-state index in [4.69, 9.17) is 0 Å². The molecule has 0 spiro atoms. The highest BCUT2D eigenvalue weighted by Crippen LogP contribution is 2.20. The van der Waals surface area contributed by atoms with Gasteiger partial charge in [0.05, 0.1) is 0 Å². The maximum absolute atomic E-state index is 11.3. The molecular weight excluding hydrogens is 230 g/mol. The zero-order valence-electron chi connectivity index (χ0n) is 5.61. The molecule has 1 unspecified atom stereocenters. The molecule has 13 heavy (non-hydrogen) atoms. The van der Waals surface area contributed by atoms with Gasteiger partial charge in [-0.1, -0.05) is 0 Å². The Labute approximate surface area is 70.5 Å². The van der Waals surface area contributed by atoms with E-state index in [1.807, 2.05) is 0 Å². The van der Waals surface area contributed by atoms with Crippen molar-refractivity contribution in [1.82, 2.24) is 0 Å². The lowest BCUT2D eigenvalue weighted by molar-refractivity contribution is -0.274. The Kier molecular flexibility index (Phi) is 4.13. The van der Waals surface area contributed by atoms with Crippen LogP contribution in [0.25, 0.3) is 0 Å². The highest BCUT2D eigenvalue weighted by atomic mass is 32.2. The van der Waals surface area contributed by atoms with E-state index in [-0.39, 0.29) is 0 Å². The monoisotopic (exact) mass is 232 g/mol. The SMILES string of the molecule is O=S(OCC(F)(F)F)OC(F)(F)F. The van der Waals surface area contributed by atoms with Crippen LogP contribution < -0.4 is 0 Å². The fourth-order valence-electron chi connectivity index (χ4n) is 0.216. The molecule has 0 bridgehead atoms. The third kappa shape index (κ3) is 9.56. The summed E-state index contributed by atoms with van der Waals surface area (Å²) in [5.41, 5.74) is 0. The van der Waals surface area contributed by atoms with Gasteiger partial charge in [0.2, 0.25) is 0 Å². The summed E-state index contributed by atoms with van der Waals surface area (Å²) in [6.45, 7) is -2.07. The molecular formula is C3H2F6O3S. The summed E-state index contributed by atoms with van der Waals surface area (Å²) in [6.07, 6.45) is -10.2. The van der Waals surface area contributed by atoms with Crippen LogP contribution in [0.2, 0.25) is 0 Å². The third-order valence-electron chi connectivity index (χ3n) is 0.481. The highest BCUT2D eigenvalue weighted by molar-refractivity contribution is 7.75. The summed E-state index contributed by atoms with van der Waals surface area (Å²) in [5, 5.41) is 0. The predicted octanol–water partition coefficient (Wildman–Crippen LogP) is 1.68. The van der Waals surface area contributed by atoms with Crippen LogP contribution in [-0.4, -0.2) is 23.4 Å². The van der Waals surface area contributed by atoms with Crippen LogP contribution in [0, 0.1) is 0 Å². The van der Waals surface area contributed by atoms with E-state index in [0.29, 0.717) is 0 Å². The Hall–Kier alpha value is -0.350. The third-order valence-corrected chi connectivity index (χ3v) is 1.12. The Morgan fingerprint density at radius 3 is 1.85 bits per heavy atom. The number of hydrogen-bond acceptors (Lipinski definition) is 3. The summed E-state index contributed by atoms with van der Waals surface area (Å²) < 4.78 is 82.9. The van der Waals surface area contributed by atoms with Gasteiger partial charge in [-0.15, -0.1) is 13.2 Å². The molecule has 0 aliphatic rings. The van der Waals surface area contributed by atoms with Gasteiger partial charge in [-0.3, -0.25) is 4.18 Å². The molecule has 0 rings (SSSR count). The second kappa shape index (κ2) is 4.24. The van der Waals surface area contributed by atoms with E-state index in [9.17, 15) is 30.6 Å². The Morgan fingerprint density at radius 2 is 1.54 bits per heavy atom. The predicted molar refractivity (Wildman–Crippen MR) is 27.3 cm³/mol. The Balaban J connectivity index is 3.78. The van der Waals surface area contributed by atoms with Gasteiger partial charge in [0.25, 0.3) is 0 Å². The van der Waals surface area contributed by atoms with Crippen LogP contribution in [0.1, 0.15) is 0 Å². The van der Waals surface area contributed by atoms with Gasteiger partial charge < -0.3 is 0 Å². The second-order valence-corrected chi connectivity index (χ2v) is 2.42. The molecule has 0 aliphatic heterocycles. The van der Waals surface area contributed by atoms with Gasteiger partial charge in [0.15, 0.2) is 6.61 Å². The molecule has 0 N–H and O–H groups in total. The van der Waals surface area contributed by atoms with Crippen molar-refractivity contribution in [1.29, 1.82) is 0 Å². The molecule has 80 valence electrons. The molecule has 0 amide bonds. The average molecular weight is 232 g/mol. The molecule has 0 aromatic rings. The van der Waals surface area contributed by atoms with Gasteiger partial charge in [0, 0.05) is 0 Å².